The highest BCUT2D eigenvalue weighted by atomic mass is 16.3. The second kappa shape index (κ2) is 11.3. The SMILES string of the molecule is CCCCc1nc(=O)c(C(=O)N2CC[C@H](c3ccccc3)C2)c(O)n1[C@@H](CCC)c1ccccc1. The number of hydrogen-bond donors (Lipinski definition) is 1. The van der Waals surface area contributed by atoms with E-state index in [2.05, 4.69) is 31.0 Å². The number of benzene rings is 2. The molecule has 0 saturated carbocycles. The van der Waals surface area contributed by atoms with Gasteiger partial charge < -0.3 is 10.0 Å². The number of amides is 1. The van der Waals surface area contributed by atoms with E-state index >= 15 is 0 Å². The molecule has 0 unspecified atom stereocenters. The number of likely N-dealkylation sites (tertiary alicyclic amines) is 1. The summed E-state index contributed by atoms with van der Waals surface area (Å²) in [5, 5.41) is 11.5. The molecule has 6 nitrogen and oxygen atoms in total. The highest BCUT2D eigenvalue weighted by Gasteiger charge is 2.33. The van der Waals surface area contributed by atoms with Crippen molar-refractivity contribution in [1.82, 2.24) is 14.5 Å². The minimum atomic E-state index is -0.638. The largest absolute Gasteiger partial charge is 0.494 e. The summed E-state index contributed by atoms with van der Waals surface area (Å²) in [5.74, 6) is 0.0688. The quantitative estimate of drug-likeness (QED) is 0.457. The Hall–Kier alpha value is -3.41. The number of nitrogens with zero attached hydrogens (tertiary/aromatic N) is 3. The van der Waals surface area contributed by atoms with Crippen LogP contribution in [0, 0.1) is 0 Å². The number of aryl methyl sites for hydroxylation is 1. The summed E-state index contributed by atoms with van der Waals surface area (Å²) in [4.78, 5) is 32.7. The highest BCUT2D eigenvalue weighted by Crippen LogP contribution is 2.33. The van der Waals surface area contributed by atoms with Crippen LogP contribution in [0.25, 0.3) is 0 Å². The topological polar surface area (TPSA) is 75.4 Å². The first-order valence-electron chi connectivity index (χ1n) is 12.8. The van der Waals surface area contributed by atoms with Crippen molar-refractivity contribution in [3.05, 3.63) is 93.5 Å². The number of hydrogen-bond acceptors (Lipinski definition) is 4. The predicted molar refractivity (Wildman–Crippen MR) is 138 cm³/mol. The van der Waals surface area contributed by atoms with E-state index in [1.165, 1.54) is 5.56 Å². The van der Waals surface area contributed by atoms with Gasteiger partial charge in [0.25, 0.3) is 11.5 Å². The number of rotatable bonds is 9. The van der Waals surface area contributed by atoms with Gasteiger partial charge in [0.1, 0.15) is 5.82 Å². The van der Waals surface area contributed by atoms with Crippen molar-refractivity contribution in [2.45, 2.75) is 64.3 Å². The Balaban J connectivity index is 1.74. The Morgan fingerprint density at radius 2 is 1.74 bits per heavy atom. The molecule has 0 spiro atoms. The molecule has 2 aromatic carbocycles. The number of unbranched alkanes of at least 4 members (excludes halogenated alkanes) is 1. The molecule has 0 radical (unpaired) electrons. The van der Waals surface area contributed by atoms with Gasteiger partial charge in [-0.1, -0.05) is 87.4 Å². The van der Waals surface area contributed by atoms with Crippen LogP contribution in [0.2, 0.25) is 0 Å². The maximum Gasteiger partial charge on any atom is 0.289 e. The summed E-state index contributed by atoms with van der Waals surface area (Å²) in [5.41, 5.74) is 1.36. The van der Waals surface area contributed by atoms with Gasteiger partial charge in [0.15, 0.2) is 5.56 Å². The summed E-state index contributed by atoms with van der Waals surface area (Å²) in [6.07, 6.45) is 4.82. The van der Waals surface area contributed by atoms with Crippen LogP contribution in [-0.4, -0.2) is 38.6 Å². The minimum Gasteiger partial charge on any atom is -0.494 e. The van der Waals surface area contributed by atoms with Crippen molar-refractivity contribution in [2.24, 2.45) is 0 Å². The zero-order valence-electron chi connectivity index (χ0n) is 20.7. The zero-order chi connectivity index (χ0) is 24.8. The third-order valence-corrected chi connectivity index (χ3v) is 6.95. The maximum atomic E-state index is 13.6. The van der Waals surface area contributed by atoms with Crippen LogP contribution in [0.3, 0.4) is 0 Å². The molecule has 1 N–H and O–H groups in total. The second-order valence-corrected chi connectivity index (χ2v) is 9.37. The third-order valence-electron chi connectivity index (χ3n) is 6.95. The van der Waals surface area contributed by atoms with E-state index in [1.807, 2.05) is 48.5 Å². The number of aromatic nitrogens is 2. The molecular formula is C29H35N3O3. The van der Waals surface area contributed by atoms with Crippen LogP contribution < -0.4 is 5.56 Å². The lowest BCUT2D eigenvalue weighted by Crippen LogP contribution is -2.35. The average Bonchev–Trinajstić information content (AvgIpc) is 3.38. The van der Waals surface area contributed by atoms with Crippen molar-refractivity contribution in [1.29, 1.82) is 0 Å². The first kappa shape index (κ1) is 24.7. The molecule has 4 rings (SSSR count). The van der Waals surface area contributed by atoms with E-state index in [0.717, 1.165) is 37.7 Å². The van der Waals surface area contributed by atoms with Gasteiger partial charge in [0, 0.05) is 25.4 Å². The van der Waals surface area contributed by atoms with Gasteiger partial charge in [-0.2, -0.15) is 4.98 Å². The molecule has 184 valence electrons. The van der Waals surface area contributed by atoms with Gasteiger partial charge in [-0.25, -0.2) is 0 Å². The fourth-order valence-corrected chi connectivity index (χ4v) is 5.08. The molecule has 2 heterocycles. The van der Waals surface area contributed by atoms with Gasteiger partial charge in [0.05, 0.1) is 6.04 Å². The maximum absolute atomic E-state index is 13.6. The van der Waals surface area contributed by atoms with Crippen molar-refractivity contribution in [3.8, 4) is 5.88 Å². The van der Waals surface area contributed by atoms with E-state index in [9.17, 15) is 14.7 Å². The van der Waals surface area contributed by atoms with E-state index in [-0.39, 0.29) is 23.4 Å². The number of carbonyl (C=O) groups excluding carboxylic acids is 1. The summed E-state index contributed by atoms with van der Waals surface area (Å²) >= 11 is 0. The Labute approximate surface area is 207 Å². The Morgan fingerprint density at radius 1 is 1.06 bits per heavy atom. The zero-order valence-corrected chi connectivity index (χ0v) is 20.7. The minimum absolute atomic E-state index is 0.205. The molecule has 1 aliphatic rings. The van der Waals surface area contributed by atoms with Crippen LogP contribution in [0.1, 0.15) is 85.2 Å². The molecule has 0 aliphatic carbocycles. The highest BCUT2D eigenvalue weighted by molar-refractivity contribution is 5.96. The third kappa shape index (κ3) is 5.31. The average molecular weight is 474 g/mol. The molecule has 1 amide bonds. The van der Waals surface area contributed by atoms with Crippen molar-refractivity contribution in [3.63, 3.8) is 0 Å². The Bertz CT molecular complexity index is 1190. The molecule has 1 aliphatic heterocycles. The lowest BCUT2D eigenvalue weighted by molar-refractivity contribution is 0.0783. The van der Waals surface area contributed by atoms with Crippen LogP contribution in [-0.2, 0) is 6.42 Å². The van der Waals surface area contributed by atoms with E-state index in [0.29, 0.717) is 25.3 Å². The van der Waals surface area contributed by atoms with E-state index in [1.54, 1.807) is 9.47 Å². The van der Waals surface area contributed by atoms with Gasteiger partial charge in [-0.3, -0.25) is 14.2 Å². The monoisotopic (exact) mass is 473 g/mol. The summed E-state index contributed by atoms with van der Waals surface area (Å²) in [6, 6.07) is 19.9. The molecule has 35 heavy (non-hydrogen) atoms. The standard InChI is InChI=1S/C29H35N3O3/c1-3-5-17-25-30-27(33)26(28(34)31-19-18-23(20-31)21-13-8-6-9-14-21)29(35)32(25)24(12-4-2)22-15-10-7-11-16-22/h6-11,13-16,23-24,35H,3-5,12,17-20H2,1-2H3/t23-,24-/m0/s1. The second-order valence-electron chi connectivity index (χ2n) is 9.37. The molecule has 1 saturated heterocycles. The lowest BCUT2D eigenvalue weighted by Gasteiger charge is -2.26. The van der Waals surface area contributed by atoms with Crippen LogP contribution in [0.4, 0.5) is 0 Å². The van der Waals surface area contributed by atoms with Crippen LogP contribution in [0.15, 0.2) is 65.5 Å². The van der Waals surface area contributed by atoms with Crippen molar-refractivity contribution >= 4 is 5.91 Å². The van der Waals surface area contributed by atoms with Gasteiger partial charge >= 0.3 is 0 Å². The van der Waals surface area contributed by atoms with E-state index in [4.69, 9.17) is 0 Å². The summed E-state index contributed by atoms with van der Waals surface area (Å²) < 4.78 is 1.74. The number of carbonyl (C=O) groups is 1. The molecule has 6 heteroatoms. The van der Waals surface area contributed by atoms with Gasteiger partial charge in [-0.15, -0.1) is 0 Å². The normalized spacial score (nSPS) is 16.4. The molecule has 0 bridgehead atoms. The van der Waals surface area contributed by atoms with Crippen LogP contribution in [0.5, 0.6) is 5.88 Å². The Morgan fingerprint density at radius 3 is 2.40 bits per heavy atom. The lowest BCUT2D eigenvalue weighted by atomic mass is 9.99. The van der Waals surface area contributed by atoms with Crippen LogP contribution >= 0.6 is 0 Å². The van der Waals surface area contributed by atoms with Crippen molar-refractivity contribution in [2.75, 3.05) is 13.1 Å². The molecule has 2 atom stereocenters. The van der Waals surface area contributed by atoms with Gasteiger partial charge in [-0.05, 0) is 30.4 Å². The first-order chi connectivity index (χ1) is 17.0. The Kier molecular flexibility index (Phi) is 8.01. The molecule has 3 aromatic rings. The fraction of sp³-hybridized carbons (Fsp3) is 0.414. The summed E-state index contributed by atoms with van der Waals surface area (Å²) in [6.45, 7) is 5.24. The first-order valence-corrected chi connectivity index (χ1v) is 12.8. The van der Waals surface area contributed by atoms with Crippen molar-refractivity contribution < 1.29 is 9.90 Å². The summed E-state index contributed by atoms with van der Waals surface area (Å²) in [7, 11) is 0. The van der Waals surface area contributed by atoms with Gasteiger partial charge in [0.2, 0.25) is 5.88 Å². The van der Waals surface area contributed by atoms with E-state index < -0.39 is 11.5 Å². The molecular weight excluding hydrogens is 438 g/mol. The number of aromatic hydroxyl groups is 1. The smallest absolute Gasteiger partial charge is 0.289 e. The molecule has 1 aromatic heterocycles. The fourth-order valence-electron chi connectivity index (χ4n) is 5.08. The predicted octanol–water partition coefficient (Wildman–Crippen LogP) is 5.31. The molecule has 1 fully saturated rings.